The van der Waals surface area contributed by atoms with Crippen molar-refractivity contribution in [3.05, 3.63) is 11.9 Å². The summed E-state index contributed by atoms with van der Waals surface area (Å²) >= 11 is 0. The highest BCUT2D eigenvalue weighted by atomic mass is 16.4. The first kappa shape index (κ1) is 9.26. The van der Waals surface area contributed by atoms with Gasteiger partial charge in [0.15, 0.2) is 0 Å². The minimum absolute atomic E-state index is 0.532. The normalized spacial score (nSPS) is 9.00. The number of aryl methyl sites for hydroxylation is 1. The predicted molar refractivity (Wildman–Crippen MR) is 44.8 cm³/mol. The average molecular weight is 179 g/mol. The van der Waals surface area contributed by atoms with Gasteiger partial charge < -0.3 is 5.11 Å². The standard InChI is InChI=1S/C8H9N3O2/c1-2-5-11-7(6-9-10-11)3-4-8(12)13/h6H,2,5H2,1H3,(H,12,13). The molecule has 0 spiro atoms. The van der Waals surface area contributed by atoms with Gasteiger partial charge in [0.05, 0.1) is 6.20 Å². The predicted octanol–water partition coefficient (Wildman–Crippen LogP) is 0.124. The average Bonchev–Trinajstić information content (AvgIpc) is 2.49. The van der Waals surface area contributed by atoms with Gasteiger partial charge in [-0.15, -0.1) is 5.10 Å². The zero-order chi connectivity index (χ0) is 9.68. The van der Waals surface area contributed by atoms with E-state index in [0.717, 1.165) is 6.42 Å². The van der Waals surface area contributed by atoms with Gasteiger partial charge in [0.2, 0.25) is 0 Å². The van der Waals surface area contributed by atoms with E-state index >= 15 is 0 Å². The fraction of sp³-hybridized carbons (Fsp3) is 0.375. The number of nitrogens with zero attached hydrogens (tertiary/aromatic N) is 3. The third-order valence-corrected chi connectivity index (χ3v) is 1.35. The lowest BCUT2D eigenvalue weighted by Crippen LogP contribution is -2.02. The van der Waals surface area contributed by atoms with Crippen LogP contribution in [0, 0.1) is 11.8 Å². The van der Waals surface area contributed by atoms with E-state index < -0.39 is 5.97 Å². The van der Waals surface area contributed by atoms with Crippen LogP contribution in [0.25, 0.3) is 0 Å². The summed E-state index contributed by atoms with van der Waals surface area (Å²) in [6.07, 6.45) is 2.36. The molecular weight excluding hydrogens is 170 g/mol. The lowest BCUT2D eigenvalue weighted by Gasteiger charge is -1.96. The number of rotatable bonds is 2. The molecule has 1 aromatic rings. The molecule has 0 bridgehead atoms. The first-order valence-electron chi connectivity index (χ1n) is 3.87. The van der Waals surface area contributed by atoms with Crippen LogP contribution in [0.3, 0.4) is 0 Å². The summed E-state index contributed by atoms with van der Waals surface area (Å²) in [5.41, 5.74) is 0.532. The summed E-state index contributed by atoms with van der Waals surface area (Å²) in [5.74, 6) is 3.33. The van der Waals surface area contributed by atoms with Gasteiger partial charge in [-0.1, -0.05) is 12.1 Å². The maximum Gasteiger partial charge on any atom is 0.382 e. The number of aliphatic carboxylic acids is 1. The highest BCUT2D eigenvalue weighted by Crippen LogP contribution is 1.94. The van der Waals surface area contributed by atoms with Crippen molar-refractivity contribution in [1.29, 1.82) is 0 Å². The topological polar surface area (TPSA) is 68.0 Å². The number of aromatic nitrogens is 3. The van der Waals surface area contributed by atoms with Gasteiger partial charge in [0, 0.05) is 12.5 Å². The minimum Gasteiger partial charge on any atom is -0.472 e. The lowest BCUT2D eigenvalue weighted by atomic mass is 10.4. The largest absolute Gasteiger partial charge is 0.472 e. The Balaban J connectivity index is 2.83. The van der Waals surface area contributed by atoms with E-state index in [-0.39, 0.29) is 0 Å². The van der Waals surface area contributed by atoms with Gasteiger partial charge in [-0.25, -0.2) is 9.48 Å². The molecule has 1 aromatic heterocycles. The van der Waals surface area contributed by atoms with Crippen molar-refractivity contribution < 1.29 is 9.90 Å². The van der Waals surface area contributed by atoms with Gasteiger partial charge in [-0.3, -0.25) is 0 Å². The smallest absolute Gasteiger partial charge is 0.382 e. The lowest BCUT2D eigenvalue weighted by molar-refractivity contribution is -0.130. The Kier molecular flexibility index (Phi) is 3.03. The molecule has 0 fully saturated rings. The van der Waals surface area contributed by atoms with Gasteiger partial charge >= 0.3 is 5.97 Å². The van der Waals surface area contributed by atoms with Crippen LogP contribution >= 0.6 is 0 Å². The van der Waals surface area contributed by atoms with Crippen molar-refractivity contribution in [2.45, 2.75) is 19.9 Å². The van der Waals surface area contributed by atoms with Crippen LogP contribution in [0.1, 0.15) is 19.0 Å². The van der Waals surface area contributed by atoms with Crippen molar-refractivity contribution in [2.24, 2.45) is 0 Å². The molecule has 5 heteroatoms. The Bertz CT molecular complexity index is 359. The van der Waals surface area contributed by atoms with Gasteiger partial charge in [-0.2, -0.15) is 0 Å². The van der Waals surface area contributed by atoms with E-state index in [1.165, 1.54) is 6.20 Å². The molecular formula is C8H9N3O2. The SMILES string of the molecule is CCCn1nncc1C#CC(=O)O. The molecule has 13 heavy (non-hydrogen) atoms. The van der Waals surface area contributed by atoms with Crippen LogP contribution in [0.4, 0.5) is 0 Å². The summed E-state index contributed by atoms with van der Waals surface area (Å²) < 4.78 is 1.58. The van der Waals surface area contributed by atoms with Crippen molar-refractivity contribution >= 4 is 5.97 Å². The Morgan fingerprint density at radius 2 is 2.54 bits per heavy atom. The van der Waals surface area contributed by atoms with Crippen molar-refractivity contribution in [3.8, 4) is 11.8 Å². The molecule has 5 nitrogen and oxygen atoms in total. The second kappa shape index (κ2) is 4.26. The Hall–Kier alpha value is -1.83. The molecule has 0 saturated carbocycles. The van der Waals surface area contributed by atoms with Crippen molar-refractivity contribution in [2.75, 3.05) is 0 Å². The highest BCUT2D eigenvalue weighted by Gasteiger charge is 1.98. The first-order valence-corrected chi connectivity index (χ1v) is 3.87. The van der Waals surface area contributed by atoms with Crippen LogP contribution in [0.2, 0.25) is 0 Å². The van der Waals surface area contributed by atoms with E-state index in [1.807, 2.05) is 12.8 Å². The molecule has 0 aromatic carbocycles. The molecule has 0 aliphatic rings. The highest BCUT2D eigenvalue weighted by molar-refractivity contribution is 5.87. The Morgan fingerprint density at radius 3 is 3.15 bits per heavy atom. The van der Waals surface area contributed by atoms with Gasteiger partial charge in [0.25, 0.3) is 0 Å². The van der Waals surface area contributed by atoms with E-state index in [1.54, 1.807) is 4.68 Å². The molecule has 0 amide bonds. The maximum atomic E-state index is 10.1. The summed E-state index contributed by atoms with van der Waals surface area (Å²) in [5, 5.41) is 15.7. The molecule has 0 unspecified atom stereocenters. The number of hydrogen-bond acceptors (Lipinski definition) is 3. The fourth-order valence-electron chi connectivity index (χ4n) is 0.849. The van der Waals surface area contributed by atoms with E-state index in [0.29, 0.717) is 12.2 Å². The molecule has 0 aliphatic carbocycles. The van der Waals surface area contributed by atoms with Crippen LogP contribution in [0.5, 0.6) is 0 Å². The van der Waals surface area contributed by atoms with Crippen LogP contribution in [-0.4, -0.2) is 26.1 Å². The Morgan fingerprint density at radius 1 is 1.77 bits per heavy atom. The third kappa shape index (κ3) is 2.60. The second-order valence-electron chi connectivity index (χ2n) is 2.40. The molecule has 1 rings (SSSR count). The number of carbonyl (C=O) groups is 1. The summed E-state index contributed by atoms with van der Waals surface area (Å²) in [6.45, 7) is 2.69. The molecule has 0 radical (unpaired) electrons. The Labute approximate surface area is 75.4 Å². The molecule has 1 heterocycles. The summed E-state index contributed by atoms with van der Waals surface area (Å²) in [4.78, 5) is 10.1. The first-order chi connectivity index (χ1) is 6.24. The number of hydrogen-bond donors (Lipinski definition) is 1. The van der Waals surface area contributed by atoms with Crippen LogP contribution in [0.15, 0.2) is 6.20 Å². The zero-order valence-electron chi connectivity index (χ0n) is 7.19. The van der Waals surface area contributed by atoms with Gasteiger partial charge in [-0.05, 0) is 12.3 Å². The second-order valence-corrected chi connectivity index (χ2v) is 2.40. The quantitative estimate of drug-likeness (QED) is 0.655. The molecule has 0 aliphatic heterocycles. The monoisotopic (exact) mass is 179 g/mol. The van der Waals surface area contributed by atoms with Crippen LogP contribution < -0.4 is 0 Å². The number of carboxylic acids is 1. The van der Waals surface area contributed by atoms with Gasteiger partial charge in [0.1, 0.15) is 5.69 Å². The number of carboxylic acid groups (broad SMARTS) is 1. The van der Waals surface area contributed by atoms with E-state index in [2.05, 4.69) is 16.2 Å². The van der Waals surface area contributed by atoms with Crippen LogP contribution in [-0.2, 0) is 11.3 Å². The maximum absolute atomic E-state index is 10.1. The third-order valence-electron chi connectivity index (χ3n) is 1.35. The van der Waals surface area contributed by atoms with E-state index in [4.69, 9.17) is 5.11 Å². The van der Waals surface area contributed by atoms with Crippen molar-refractivity contribution in [1.82, 2.24) is 15.0 Å². The molecule has 1 N–H and O–H groups in total. The minimum atomic E-state index is -1.15. The summed E-state index contributed by atoms with van der Waals surface area (Å²) in [6, 6.07) is 0. The zero-order valence-corrected chi connectivity index (χ0v) is 7.19. The molecule has 0 atom stereocenters. The molecule has 68 valence electrons. The van der Waals surface area contributed by atoms with Crippen molar-refractivity contribution in [3.63, 3.8) is 0 Å². The van der Waals surface area contributed by atoms with E-state index in [9.17, 15) is 4.79 Å². The molecule has 0 saturated heterocycles. The summed E-state index contributed by atoms with van der Waals surface area (Å²) in [7, 11) is 0. The fourth-order valence-corrected chi connectivity index (χ4v) is 0.849.